The van der Waals surface area contributed by atoms with E-state index in [0.29, 0.717) is 24.6 Å². The Morgan fingerprint density at radius 2 is 2.03 bits per heavy atom. The number of ether oxygens (including phenoxy) is 2. The molecule has 0 spiro atoms. The first-order valence-corrected chi connectivity index (χ1v) is 9.58. The van der Waals surface area contributed by atoms with Crippen LogP contribution in [0.15, 0.2) is 55.0 Å². The highest BCUT2D eigenvalue weighted by Crippen LogP contribution is 2.33. The fourth-order valence-electron chi connectivity index (χ4n) is 3.42. The first-order chi connectivity index (χ1) is 14.6. The van der Waals surface area contributed by atoms with Crippen LogP contribution in [0.5, 0.6) is 5.75 Å². The summed E-state index contributed by atoms with van der Waals surface area (Å²) >= 11 is 0. The van der Waals surface area contributed by atoms with Gasteiger partial charge in [-0.3, -0.25) is 9.67 Å². The number of benzene rings is 2. The number of nitrogens with zero attached hydrogens (tertiary/aromatic N) is 5. The third-order valence-electron chi connectivity index (χ3n) is 5.03. The fourth-order valence-corrected chi connectivity index (χ4v) is 3.42. The zero-order valence-corrected chi connectivity index (χ0v) is 16.6. The Morgan fingerprint density at radius 3 is 2.77 bits per heavy atom. The van der Waals surface area contributed by atoms with Crippen LogP contribution < -0.4 is 9.64 Å². The van der Waals surface area contributed by atoms with E-state index in [4.69, 9.17) is 14.5 Å². The number of methoxy groups -OCH3 is 1. The van der Waals surface area contributed by atoms with Gasteiger partial charge in [-0.2, -0.15) is 5.10 Å². The average molecular weight is 405 g/mol. The summed E-state index contributed by atoms with van der Waals surface area (Å²) in [5.41, 5.74) is 4.75. The van der Waals surface area contributed by atoms with Crippen molar-refractivity contribution < 1.29 is 13.9 Å². The lowest BCUT2D eigenvalue weighted by Gasteiger charge is -2.25. The predicted octanol–water partition coefficient (Wildman–Crippen LogP) is 3.71. The quantitative estimate of drug-likeness (QED) is 0.456. The van der Waals surface area contributed by atoms with Crippen molar-refractivity contribution in [1.82, 2.24) is 19.7 Å². The van der Waals surface area contributed by atoms with E-state index in [1.54, 1.807) is 17.1 Å². The molecule has 1 unspecified atom stereocenters. The highest BCUT2D eigenvalue weighted by atomic mass is 19.1. The van der Waals surface area contributed by atoms with Crippen molar-refractivity contribution in [3.05, 3.63) is 60.8 Å². The predicted molar refractivity (Wildman–Crippen MR) is 111 cm³/mol. The Balaban J connectivity index is 1.58. The molecule has 1 saturated heterocycles. The maximum atomic E-state index is 14.2. The zero-order valence-electron chi connectivity index (χ0n) is 16.6. The fraction of sp³-hybridized carbons (Fsp3) is 0.227. The second-order valence-corrected chi connectivity index (χ2v) is 7.25. The minimum Gasteiger partial charge on any atom is -0.497 e. The Hall–Kier alpha value is -3.52. The molecule has 1 aliphatic rings. The summed E-state index contributed by atoms with van der Waals surface area (Å²) in [4.78, 5) is 11.3. The monoisotopic (exact) mass is 405 g/mol. The Morgan fingerprint density at radius 1 is 1.17 bits per heavy atom. The molecule has 0 bridgehead atoms. The number of anilines is 2. The summed E-state index contributed by atoms with van der Waals surface area (Å²) in [7, 11) is 3.39. The molecule has 0 N–H and O–H groups in total. The van der Waals surface area contributed by atoms with Gasteiger partial charge in [-0.15, -0.1) is 0 Å². The molecule has 1 aliphatic heterocycles. The molecule has 30 heavy (non-hydrogen) atoms. The van der Waals surface area contributed by atoms with Crippen molar-refractivity contribution in [2.75, 3.05) is 25.2 Å². The lowest BCUT2D eigenvalue weighted by molar-refractivity contribution is 0.408. The molecule has 0 amide bonds. The highest BCUT2D eigenvalue weighted by molar-refractivity contribution is 5.82. The maximum Gasteiger partial charge on any atom is 0.128 e. The second kappa shape index (κ2) is 7.38. The van der Waals surface area contributed by atoms with E-state index in [0.717, 1.165) is 28.0 Å². The van der Waals surface area contributed by atoms with Gasteiger partial charge in [0.2, 0.25) is 0 Å². The van der Waals surface area contributed by atoms with Crippen LogP contribution >= 0.6 is 0 Å². The zero-order chi connectivity index (χ0) is 20.7. The van der Waals surface area contributed by atoms with Gasteiger partial charge < -0.3 is 14.4 Å². The van der Waals surface area contributed by atoms with Crippen LogP contribution in [0.4, 0.5) is 15.8 Å². The molecule has 3 heterocycles. The number of epoxide rings is 1. The minimum atomic E-state index is -0.356. The molecule has 0 saturated carbocycles. The Kier molecular flexibility index (Phi) is 4.55. The lowest BCUT2D eigenvalue weighted by Crippen LogP contribution is -2.22. The van der Waals surface area contributed by atoms with Crippen LogP contribution in [-0.4, -0.2) is 46.1 Å². The minimum absolute atomic E-state index is 0.114. The molecule has 0 radical (unpaired) electrons. The topological polar surface area (TPSA) is 68.6 Å². The number of hydrogen-bond acceptors (Lipinski definition) is 6. The van der Waals surface area contributed by atoms with E-state index in [9.17, 15) is 4.39 Å². The SMILES string of the molecule is COc1cc(F)cc(N(CC2CO2)c2ccc3ncc(-c4cnn(C)c4)nc3c2)c1. The van der Waals surface area contributed by atoms with Gasteiger partial charge in [0.15, 0.2) is 0 Å². The van der Waals surface area contributed by atoms with Crippen molar-refractivity contribution >= 4 is 22.4 Å². The van der Waals surface area contributed by atoms with Gasteiger partial charge in [0.25, 0.3) is 0 Å². The molecule has 2 aromatic carbocycles. The highest BCUT2D eigenvalue weighted by Gasteiger charge is 2.27. The molecular formula is C22H20FN5O2. The van der Waals surface area contributed by atoms with Crippen LogP contribution in [0.1, 0.15) is 0 Å². The molecule has 4 aromatic rings. The van der Waals surface area contributed by atoms with E-state index < -0.39 is 0 Å². The van der Waals surface area contributed by atoms with E-state index in [1.807, 2.05) is 42.4 Å². The Bertz CT molecular complexity index is 1220. The van der Waals surface area contributed by atoms with Crippen molar-refractivity contribution in [2.24, 2.45) is 7.05 Å². The van der Waals surface area contributed by atoms with Crippen molar-refractivity contribution in [1.29, 1.82) is 0 Å². The molecule has 0 aliphatic carbocycles. The van der Waals surface area contributed by atoms with Crippen LogP contribution in [0.25, 0.3) is 22.3 Å². The van der Waals surface area contributed by atoms with Crippen molar-refractivity contribution in [2.45, 2.75) is 6.10 Å². The molecule has 5 rings (SSSR count). The van der Waals surface area contributed by atoms with E-state index in [1.165, 1.54) is 19.2 Å². The Labute approximate surface area is 172 Å². The van der Waals surface area contributed by atoms with Crippen molar-refractivity contribution in [3.63, 3.8) is 0 Å². The van der Waals surface area contributed by atoms with Gasteiger partial charge >= 0.3 is 0 Å². The molecule has 1 fully saturated rings. The van der Waals surface area contributed by atoms with Gasteiger partial charge in [-0.25, -0.2) is 9.37 Å². The van der Waals surface area contributed by atoms with Crippen molar-refractivity contribution in [3.8, 4) is 17.0 Å². The normalized spacial score (nSPS) is 15.4. The van der Waals surface area contributed by atoms with Gasteiger partial charge in [0.1, 0.15) is 11.6 Å². The number of hydrogen-bond donors (Lipinski definition) is 0. The number of aryl methyl sites for hydroxylation is 1. The molecule has 7 nitrogen and oxygen atoms in total. The molecule has 1 atom stereocenters. The summed E-state index contributed by atoms with van der Waals surface area (Å²) in [6.45, 7) is 1.30. The van der Waals surface area contributed by atoms with E-state index in [-0.39, 0.29) is 11.9 Å². The van der Waals surface area contributed by atoms with Gasteiger partial charge in [-0.05, 0) is 24.3 Å². The molecule has 152 valence electrons. The van der Waals surface area contributed by atoms with Crippen LogP contribution in [-0.2, 0) is 11.8 Å². The third kappa shape index (κ3) is 3.69. The number of aromatic nitrogens is 4. The standard InChI is InChI=1S/C22H20FN5O2/c1-27-11-14(9-25-27)22-10-24-20-4-3-16(8-21(20)26-22)28(12-19-13-30-19)17-5-15(23)6-18(7-17)29-2/h3-11,19H,12-13H2,1-2H3. The summed E-state index contributed by atoms with van der Waals surface area (Å²) < 4.78 is 26.6. The summed E-state index contributed by atoms with van der Waals surface area (Å²) in [6.07, 6.45) is 5.51. The third-order valence-corrected chi connectivity index (χ3v) is 5.03. The summed E-state index contributed by atoms with van der Waals surface area (Å²) in [5.74, 6) is 0.108. The first kappa shape index (κ1) is 18.5. The van der Waals surface area contributed by atoms with Crippen LogP contribution in [0.3, 0.4) is 0 Å². The summed E-state index contributed by atoms with van der Waals surface area (Å²) in [5, 5.41) is 4.20. The van der Waals surface area contributed by atoms with Crippen LogP contribution in [0, 0.1) is 5.82 Å². The lowest BCUT2D eigenvalue weighted by atomic mass is 10.2. The van der Waals surface area contributed by atoms with Crippen LogP contribution in [0.2, 0.25) is 0 Å². The summed E-state index contributed by atoms with van der Waals surface area (Å²) in [6, 6.07) is 10.5. The smallest absolute Gasteiger partial charge is 0.128 e. The van der Waals surface area contributed by atoms with Gasteiger partial charge in [0, 0.05) is 42.3 Å². The number of halogens is 1. The number of fused-ring (bicyclic) bond motifs is 1. The molecular weight excluding hydrogens is 385 g/mol. The second-order valence-electron chi connectivity index (χ2n) is 7.25. The maximum absolute atomic E-state index is 14.2. The average Bonchev–Trinajstić information content (AvgIpc) is 3.48. The van der Waals surface area contributed by atoms with E-state index in [2.05, 4.69) is 10.1 Å². The first-order valence-electron chi connectivity index (χ1n) is 9.58. The largest absolute Gasteiger partial charge is 0.497 e. The molecule has 2 aromatic heterocycles. The van der Waals surface area contributed by atoms with Gasteiger partial charge in [0.05, 0.1) is 55.5 Å². The van der Waals surface area contributed by atoms with E-state index >= 15 is 0 Å². The molecule has 8 heteroatoms. The van der Waals surface area contributed by atoms with Gasteiger partial charge in [-0.1, -0.05) is 0 Å². The number of rotatable bonds is 6.